The number of aryl methyl sites for hydroxylation is 1. The highest BCUT2D eigenvalue weighted by atomic mass is 32.2. The van der Waals surface area contributed by atoms with Crippen molar-refractivity contribution in [2.24, 2.45) is 0 Å². The summed E-state index contributed by atoms with van der Waals surface area (Å²) in [4.78, 5) is 20.7. The maximum absolute atomic E-state index is 12.3. The average Bonchev–Trinajstić information content (AvgIpc) is 2.91. The summed E-state index contributed by atoms with van der Waals surface area (Å²) in [6, 6.07) is 9.11. The molecule has 2 heterocycles. The lowest BCUT2D eigenvalue weighted by Crippen LogP contribution is -2.15. The van der Waals surface area contributed by atoms with Crippen molar-refractivity contribution in [2.45, 2.75) is 12.1 Å². The first-order chi connectivity index (χ1) is 10.2. The van der Waals surface area contributed by atoms with Gasteiger partial charge in [-0.15, -0.1) is 5.10 Å². The van der Waals surface area contributed by atoms with Crippen LogP contribution in [0.5, 0.6) is 0 Å². The molecule has 0 saturated heterocycles. The van der Waals surface area contributed by atoms with Crippen LogP contribution in [0, 0.1) is 6.92 Å². The number of nitrogens with one attached hydrogen (secondary N) is 1. The lowest BCUT2D eigenvalue weighted by molar-refractivity contribution is 0.102. The van der Waals surface area contributed by atoms with Crippen LogP contribution in [-0.4, -0.2) is 31.7 Å². The molecule has 2 aromatic heterocycles. The van der Waals surface area contributed by atoms with Crippen molar-refractivity contribution in [3.63, 3.8) is 0 Å². The van der Waals surface area contributed by atoms with Crippen LogP contribution in [0.3, 0.4) is 0 Å². The van der Waals surface area contributed by atoms with Gasteiger partial charge in [0, 0.05) is 11.8 Å². The Balaban J connectivity index is 1.94. The Morgan fingerprint density at radius 1 is 1.33 bits per heavy atom. The molecule has 1 amide bonds. The number of nitrogens with zero attached hydrogens (tertiary/aromatic N) is 4. The molecule has 0 atom stereocenters. The quantitative estimate of drug-likeness (QED) is 0.752. The van der Waals surface area contributed by atoms with Gasteiger partial charge in [0.25, 0.3) is 11.7 Å². The fourth-order valence-electron chi connectivity index (χ4n) is 1.93. The van der Waals surface area contributed by atoms with Crippen LogP contribution in [0.4, 0.5) is 5.82 Å². The predicted molar refractivity (Wildman–Crippen MR) is 81.7 cm³/mol. The molecule has 0 aliphatic carbocycles. The molecule has 1 N–H and O–H groups in total. The van der Waals surface area contributed by atoms with E-state index in [9.17, 15) is 4.79 Å². The first-order valence-corrected chi connectivity index (χ1v) is 7.53. The molecule has 0 bridgehead atoms. The van der Waals surface area contributed by atoms with E-state index in [-0.39, 0.29) is 5.91 Å². The Hall–Kier alpha value is -2.41. The highest BCUT2D eigenvalue weighted by molar-refractivity contribution is 7.98. The third-order valence-corrected chi connectivity index (χ3v) is 3.46. The van der Waals surface area contributed by atoms with E-state index >= 15 is 0 Å². The van der Waals surface area contributed by atoms with E-state index in [1.54, 1.807) is 18.3 Å². The Bertz CT molecular complexity index is 814. The Morgan fingerprint density at radius 2 is 2.19 bits per heavy atom. The summed E-state index contributed by atoms with van der Waals surface area (Å²) in [5.41, 5.74) is 1.64. The maximum atomic E-state index is 12.3. The number of benzene rings is 1. The molecule has 1 aromatic carbocycles. The second-order valence-electron chi connectivity index (χ2n) is 4.46. The fourth-order valence-corrected chi connectivity index (χ4v) is 2.27. The second kappa shape index (κ2) is 5.53. The third-order valence-electron chi connectivity index (χ3n) is 2.93. The maximum Gasteiger partial charge on any atom is 0.256 e. The van der Waals surface area contributed by atoms with Crippen LogP contribution in [0.2, 0.25) is 0 Å². The topological polar surface area (TPSA) is 72.2 Å². The van der Waals surface area contributed by atoms with Gasteiger partial charge in [-0.05, 0) is 31.4 Å². The van der Waals surface area contributed by atoms with Crippen LogP contribution in [0.25, 0.3) is 5.78 Å². The number of carbonyl (C=O) groups excluding carboxylic acids is 1. The van der Waals surface area contributed by atoms with Gasteiger partial charge in [-0.1, -0.05) is 29.5 Å². The van der Waals surface area contributed by atoms with E-state index < -0.39 is 0 Å². The van der Waals surface area contributed by atoms with Crippen LogP contribution in [0.15, 0.2) is 41.7 Å². The molecule has 0 radical (unpaired) electrons. The molecule has 6 nitrogen and oxygen atoms in total. The molecule has 106 valence electrons. The molecular weight excluding hydrogens is 286 g/mol. The number of amides is 1. The van der Waals surface area contributed by atoms with Crippen molar-refractivity contribution in [3.8, 4) is 0 Å². The lowest BCUT2D eigenvalue weighted by Gasteiger charge is -2.06. The lowest BCUT2D eigenvalue weighted by atomic mass is 10.1. The minimum absolute atomic E-state index is 0.188. The van der Waals surface area contributed by atoms with Crippen molar-refractivity contribution in [1.82, 2.24) is 19.6 Å². The second-order valence-corrected chi connectivity index (χ2v) is 5.24. The summed E-state index contributed by atoms with van der Waals surface area (Å²) in [5.74, 6) is 0.813. The number of anilines is 1. The standard InChI is InChI=1S/C14H13N5OS/c1-9-4-3-5-10(8-9)12(20)16-11-6-7-15-13-17-14(21-2)18-19(11)13/h3-8H,1-2H3,(H,16,20). The van der Waals surface area contributed by atoms with Crippen LogP contribution in [-0.2, 0) is 0 Å². The number of hydrogen-bond donors (Lipinski definition) is 1. The van der Waals surface area contributed by atoms with Gasteiger partial charge in [0.1, 0.15) is 5.82 Å². The van der Waals surface area contributed by atoms with Gasteiger partial charge in [-0.25, -0.2) is 4.98 Å². The Kier molecular flexibility index (Phi) is 3.57. The van der Waals surface area contributed by atoms with Gasteiger partial charge in [0.15, 0.2) is 0 Å². The van der Waals surface area contributed by atoms with E-state index in [2.05, 4.69) is 20.4 Å². The zero-order valence-corrected chi connectivity index (χ0v) is 12.4. The molecule has 0 spiro atoms. The molecule has 3 aromatic rings. The number of hydrogen-bond acceptors (Lipinski definition) is 5. The van der Waals surface area contributed by atoms with E-state index in [0.717, 1.165) is 5.56 Å². The number of carbonyl (C=O) groups is 1. The first-order valence-electron chi connectivity index (χ1n) is 6.31. The summed E-state index contributed by atoms with van der Waals surface area (Å²) in [6.45, 7) is 1.95. The summed E-state index contributed by atoms with van der Waals surface area (Å²) < 4.78 is 1.53. The van der Waals surface area contributed by atoms with E-state index in [1.807, 2.05) is 31.4 Å². The predicted octanol–water partition coefficient (Wildman–Crippen LogP) is 2.41. The monoisotopic (exact) mass is 299 g/mol. The van der Waals surface area contributed by atoms with Crippen molar-refractivity contribution < 1.29 is 4.79 Å². The highest BCUT2D eigenvalue weighted by Gasteiger charge is 2.11. The van der Waals surface area contributed by atoms with Gasteiger partial charge in [-0.2, -0.15) is 9.50 Å². The SMILES string of the molecule is CSc1nc2nccc(NC(=O)c3cccc(C)c3)n2n1. The summed E-state index contributed by atoms with van der Waals surface area (Å²) >= 11 is 1.42. The summed E-state index contributed by atoms with van der Waals surface area (Å²) in [6.07, 6.45) is 3.49. The highest BCUT2D eigenvalue weighted by Crippen LogP contribution is 2.15. The normalized spacial score (nSPS) is 10.8. The van der Waals surface area contributed by atoms with E-state index in [0.29, 0.717) is 22.3 Å². The average molecular weight is 299 g/mol. The molecule has 0 fully saturated rings. The molecule has 7 heteroatoms. The van der Waals surface area contributed by atoms with Crippen molar-refractivity contribution in [1.29, 1.82) is 0 Å². The number of aromatic nitrogens is 4. The Labute approximate surface area is 125 Å². The Morgan fingerprint density at radius 3 is 2.95 bits per heavy atom. The van der Waals surface area contributed by atoms with Crippen molar-refractivity contribution >= 4 is 29.3 Å². The zero-order chi connectivity index (χ0) is 14.8. The molecule has 0 aliphatic heterocycles. The minimum Gasteiger partial charge on any atom is -0.306 e. The molecular formula is C14H13N5OS. The molecule has 0 saturated carbocycles. The van der Waals surface area contributed by atoms with Crippen LogP contribution < -0.4 is 5.32 Å². The fraction of sp³-hybridized carbons (Fsp3) is 0.143. The van der Waals surface area contributed by atoms with Crippen molar-refractivity contribution in [2.75, 3.05) is 11.6 Å². The summed E-state index contributed by atoms with van der Waals surface area (Å²) in [5, 5.41) is 7.74. The third kappa shape index (κ3) is 2.73. The van der Waals surface area contributed by atoms with Crippen LogP contribution >= 0.6 is 11.8 Å². The molecule has 0 unspecified atom stereocenters. The van der Waals surface area contributed by atoms with Gasteiger partial charge in [0.05, 0.1) is 0 Å². The van der Waals surface area contributed by atoms with Gasteiger partial charge in [0.2, 0.25) is 5.16 Å². The van der Waals surface area contributed by atoms with Gasteiger partial charge >= 0.3 is 0 Å². The smallest absolute Gasteiger partial charge is 0.256 e. The largest absolute Gasteiger partial charge is 0.306 e. The molecule has 21 heavy (non-hydrogen) atoms. The van der Waals surface area contributed by atoms with Gasteiger partial charge < -0.3 is 5.32 Å². The number of fused-ring (bicyclic) bond motifs is 1. The molecule has 3 rings (SSSR count). The van der Waals surface area contributed by atoms with Crippen molar-refractivity contribution in [3.05, 3.63) is 47.7 Å². The number of rotatable bonds is 3. The van der Waals surface area contributed by atoms with E-state index in [4.69, 9.17) is 0 Å². The van der Waals surface area contributed by atoms with E-state index in [1.165, 1.54) is 16.3 Å². The zero-order valence-electron chi connectivity index (χ0n) is 11.6. The van der Waals surface area contributed by atoms with Gasteiger partial charge in [-0.3, -0.25) is 4.79 Å². The molecule has 0 aliphatic rings. The number of thioether (sulfide) groups is 1. The summed E-state index contributed by atoms with van der Waals surface area (Å²) in [7, 11) is 0. The first kappa shape index (κ1) is 13.6. The van der Waals surface area contributed by atoms with Crippen LogP contribution in [0.1, 0.15) is 15.9 Å². The minimum atomic E-state index is -0.188.